The van der Waals surface area contributed by atoms with Gasteiger partial charge in [-0.3, -0.25) is 0 Å². The lowest BCUT2D eigenvalue weighted by Gasteiger charge is -2.27. The third kappa shape index (κ3) is 8.85. The third-order valence-electron chi connectivity index (χ3n) is 7.90. The average molecular weight is 597 g/mol. The van der Waals surface area contributed by atoms with Crippen molar-refractivity contribution in [3.63, 3.8) is 0 Å². The van der Waals surface area contributed by atoms with Gasteiger partial charge in [-0.15, -0.1) is 0 Å². The van der Waals surface area contributed by atoms with Crippen molar-refractivity contribution in [3.05, 3.63) is 108 Å². The highest BCUT2D eigenvalue weighted by Gasteiger charge is 2.23. The summed E-state index contributed by atoms with van der Waals surface area (Å²) < 4.78 is 24.2. The van der Waals surface area contributed by atoms with Gasteiger partial charge in [0.1, 0.15) is 48.4 Å². The highest BCUT2D eigenvalue weighted by molar-refractivity contribution is 5.49. The summed E-state index contributed by atoms with van der Waals surface area (Å²) in [5.41, 5.74) is 4.55. The zero-order valence-corrected chi connectivity index (χ0v) is 27.5. The maximum absolute atomic E-state index is 6.14. The molecule has 0 aliphatic rings. The molecule has 0 aliphatic carbocycles. The van der Waals surface area contributed by atoms with Gasteiger partial charge in [0.15, 0.2) is 0 Å². The number of ether oxygens (including phenoxy) is 4. The normalized spacial score (nSPS) is 12.6. The summed E-state index contributed by atoms with van der Waals surface area (Å²) in [5.74, 6) is 3.33. The molecule has 0 radical (unpaired) electrons. The lowest BCUT2D eigenvalue weighted by Crippen LogP contribution is -2.22. The molecule has 2 unspecified atom stereocenters. The summed E-state index contributed by atoms with van der Waals surface area (Å²) in [6.45, 7) is 12.6. The van der Waals surface area contributed by atoms with Crippen molar-refractivity contribution in [2.24, 2.45) is 0 Å². The van der Waals surface area contributed by atoms with E-state index >= 15 is 0 Å². The number of nitrogens with zero attached hydrogens (tertiary/aromatic N) is 2. The second-order valence-corrected chi connectivity index (χ2v) is 12.0. The smallest absolute Gasteiger partial charge is 0.130 e. The van der Waals surface area contributed by atoms with Crippen molar-refractivity contribution in [3.8, 4) is 23.0 Å². The van der Waals surface area contributed by atoms with Crippen LogP contribution in [0.5, 0.6) is 23.0 Å². The van der Waals surface area contributed by atoms with Crippen molar-refractivity contribution in [2.45, 2.75) is 52.2 Å². The van der Waals surface area contributed by atoms with E-state index in [-0.39, 0.29) is 17.6 Å². The van der Waals surface area contributed by atoms with Gasteiger partial charge in [0, 0.05) is 44.5 Å². The second kappa shape index (κ2) is 14.9. The van der Waals surface area contributed by atoms with Crippen LogP contribution in [0.1, 0.15) is 45.7 Å². The van der Waals surface area contributed by atoms with E-state index in [0.29, 0.717) is 13.2 Å². The molecule has 0 aromatic heterocycles. The highest BCUT2D eigenvalue weighted by Crippen LogP contribution is 2.33. The topological polar surface area (TPSA) is 43.4 Å². The van der Waals surface area contributed by atoms with Crippen molar-refractivity contribution in [1.82, 2.24) is 0 Å². The van der Waals surface area contributed by atoms with Crippen LogP contribution in [0.4, 0.5) is 11.4 Å². The maximum Gasteiger partial charge on any atom is 0.130 e. The van der Waals surface area contributed by atoms with Gasteiger partial charge in [-0.1, -0.05) is 38.1 Å². The number of rotatable bonds is 15. The molecule has 234 valence electrons. The van der Waals surface area contributed by atoms with Crippen molar-refractivity contribution in [1.29, 1.82) is 0 Å². The molecule has 4 rings (SSSR count). The Balaban J connectivity index is 1.26. The standard InChI is InChI=1S/C38H48N2O4/c1-9-40(8)33-16-24-35(25-17-33)42-27-29(3)44-37-20-12-31(13-21-37)38(4,5)30-10-18-36(19-11-30)43-28(2)26-41-34-22-14-32(15-23-34)39(6)7/h10-25,28-29H,9,26-27H2,1-8H3. The van der Waals surface area contributed by atoms with Crippen LogP contribution in [0.3, 0.4) is 0 Å². The van der Waals surface area contributed by atoms with Crippen molar-refractivity contribution in [2.75, 3.05) is 50.7 Å². The van der Waals surface area contributed by atoms with Gasteiger partial charge in [-0.2, -0.15) is 0 Å². The van der Waals surface area contributed by atoms with E-state index in [4.69, 9.17) is 18.9 Å². The predicted octanol–water partition coefficient (Wildman–Crippen LogP) is 8.23. The van der Waals surface area contributed by atoms with Crippen LogP contribution in [0.15, 0.2) is 97.1 Å². The van der Waals surface area contributed by atoms with Gasteiger partial charge in [0.25, 0.3) is 0 Å². The molecule has 2 atom stereocenters. The summed E-state index contributed by atoms with van der Waals surface area (Å²) >= 11 is 0. The Morgan fingerprint density at radius 2 is 0.909 bits per heavy atom. The van der Waals surface area contributed by atoms with Crippen molar-refractivity contribution < 1.29 is 18.9 Å². The Morgan fingerprint density at radius 3 is 1.27 bits per heavy atom. The van der Waals surface area contributed by atoms with Gasteiger partial charge in [-0.05, 0) is 105 Å². The molecule has 0 aliphatic heterocycles. The first-order valence-electron chi connectivity index (χ1n) is 15.4. The monoisotopic (exact) mass is 596 g/mol. The first-order chi connectivity index (χ1) is 21.0. The van der Waals surface area contributed by atoms with Gasteiger partial charge in [0.05, 0.1) is 0 Å². The molecule has 0 saturated carbocycles. The van der Waals surface area contributed by atoms with Crippen LogP contribution in [0.2, 0.25) is 0 Å². The lowest BCUT2D eigenvalue weighted by molar-refractivity contribution is 0.143. The van der Waals surface area contributed by atoms with Gasteiger partial charge in [-0.25, -0.2) is 0 Å². The van der Waals surface area contributed by atoms with E-state index in [9.17, 15) is 0 Å². The number of hydrogen-bond donors (Lipinski definition) is 0. The summed E-state index contributed by atoms with van der Waals surface area (Å²) in [6, 6.07) is 32.9. The molecule has 0 spiro atoms. The maximum atomic E-state index is 6.14. The number of hydrogen-bond acceptors (Lipinski definition) is 6. The fraction of sp³-hybridized carbons (Fsp3) is 0.368. The summed E-state index contributed by atoms with van der Waals surface area (Å²) in [5, 5.41) is 0. The average Bonchev–Trinajstić information content (AvgIpc) is 3.03. The summed E-state index contributed by atoms with van der Waals surface area (Å²) in [7, 11) is 6.13. The van der Waals surface area contributed by atoms with Gasteiger partial charge in [0.2, 0.25) is 0 Å². The van der Waals surface area contributed by atoms with E-state index in [2.05, 4.69) is 74.0 Å². The SMILES string of the molecule is CCN(C)c1ccc(OCC(C)Oc2ccc(C(C)(C)c3ccc(OC(C)COc4ccc(N(C)C)cc4)cc3)cc2)cc1. The minimum Gasteiger partial charge on any atom is -0.490 e. The molecule has 0 amide bonds. The fourth-order valence-electron chi connectivity index (χ4n) is 4.85. The van der Waals surface area contributed by atoms with Gasteiger partial charge < -0.3 is 28.7 Å². The molecule has 44 heavy (non-hydrogen) atoms. The molecule has 6 nitrogen and oxygen atoms in total. The Bertz CT molecular complexity index is 1420. The molecule has 6 heteroatoms. The molecule has 4 aromatic carbocycles. The third-order valence-corrected chi connectivity index (χ3v) is 7.90. The quantitative estimate of drug-likeness (QED) is 0.138. The summed E-state index contributed by atoms with van der Waals surface area (Å²) in [6.07, 6.45) is -0.174. The molecule has 0 saturated heterocycles. The van der Waals surface area contributed by atoms with Crippen LogP contribution in [-0.4, -0.2) is 53.1 Å². The minimum atomic E-state index is -0.183. The lowest BCUT2D eigenvalue weighted by atomic mass is 9.78. The minimum absolute atomic E-state index is 0.0870. The fourth-order valence-corrected chi connectivity index (χ4v) is 4.85. The number of anilines is 2. The Labute approximate surface area is 264 Å². The Morgan fingerprint density at radius 1 is 0.545 bits per heavy atom. The molecule has 0 bridgehead atoms. The molecular formula is C38H48N2O4. The highest BCUT2D eigenvalue weighted by atomic mass is 16.5. The Kier molecular flexibility index (Phi) is 11.0. The van der Waals surface area contributed by atoms with Crippen LogP contribution >= 0.6 is 0 Å². The second-order valence-electron chi connectivity index (χ2n) is 12.0. The van der Waals surface area contributed by atoms with Gasteiger partial charge >= 0.3 is 0 Å². The van der Waals surface area contributed by atoms with Crippen LogP contribution < -0.4 is 28.7 Å². The summed E-state index contributed by atoms with van der Waals surface area (Å²) in [4.78, 5) is 4.26. The number of benzene rings is 4. The predicted molar refractivity (Wildman–Crippen MR) is 182 cm³/mol. The molecule has 0 N–H and O–H groups in total. The molecular weight excluding hydrogens is 548 g/mol. The van der Waals surface area contributed by atoms with Crippen molar-refractivity contribution >= 4 is 11.4 Å². The largest absolute Gasteiger partial charge is 0.490 e. The van der Waals surface area contributed by atoms with E-state index < -0.39 is 0 Å². The first-order valence-corrected chi connectivity index (χ1v) is 15.4. The van der Waals surface area contributed by atoms with E-state index in [1.165, 1.54) is 16.8 Å². The Hall–Kier alpha value is -4.32. The molecule has 0 heterocycles. The molecule has 0 fully saturated rings. The zero-order valence-electron chi connectivity index (χ0n) is 27.5. The van der Waals surface area contributed by atoms with E-state index in [1.54, 1.807) is 0 Å². The van der Waals surface area contributed by atoms with Crippen LogP contribution in [0, 0.1) is 0 Å². The molecule has 4 aromatic rings. The first kappa shape index (κ1) is 32.6. The van der Waals surface area contributed by atoms with E-state index in [1.807, 2.05) is 88.6 Å². The van der Waals surface area contributed by atoms with E-state index in [0.717, 1.165) is 35.2 Å². The van der Waals surface area contributed by atoms with Crippen LogP contribution in [-0.2, 0) is 5.41 Å². The zero-order chi connectivity index (χ0) is 31.7. The van der Waals surface area contributed by atoms with Crippen LogP contribution in [0.25, 0.3) is 0 Å².